The molecule has 2 atom stereocenters. The first-order chi connectivity index (χ1) is 20.4. The molecular weight excluding hydrogens is 542 g/mol. The van der Waals surface area contributed by atoms with Crippen molar-refractivity contribution in [1.82, 2.24) is 15.5 Å². The molecule has 3 aromatic carbocycles. The van der Waals surface area contributed by atoms with Gasteiger partial charge < -0.3 is 25.4 Å². The molecule has 0 saturated carbocycles. The molecule has 0 bridgehead atoms. The normalized spacial score (nSPS) is 12.6. The topological polar surface area (TPSA) is 108 Å². The summed E-state index contributed by atoms with van der Waals surface area (Å²) in [6.45, 7) is 11.9. The number of benzene rings is 3. The van der Waals surface area contributed by atoms with Crippen molar-refractivity contribution in [3.63, 3.8) is 0 Å². The van der Waals surface area contributed by atoms with Gasteiger partial charge in [-0.2, -0.15) is 0 Å². The number of carbonyl (C=O) groups is 3. The van der Waals surface area contributed by atoms with Crippen molar-refractivity contribution in [3.05, 3.63) is 101 Å². The van der Waals surface area contributed by atoms with Crippen LogP contribution in [0.1, 0.15) is 74.4 Å². The van der Waals surface area contributed by atoms with Crippen LogP contribution in [0.15, 0.2) is 72.8 Å². The monoisotopic (exact) mass is 587 g/mol. The highest BCUT2D eigenvalue weighted by molar-refractivity contribution is 5.92. The van der Waals surface area contributed by atoms with E-state index in [9.17, 15) is 19.5 Å². The number of aryl methyl sites for hydroxylation is 2. The Labute approximate surface area is 255 Å². The highest BCUT2D eigenvalue weighted by atomic mass is 16.6. The number of phenols is 1. The number of aromatic hydroxyl groups is 1. The van der Waals surface area contributed by atoms with Gasteiger partial charge in [-0.05, 0) is 81.0 Å². The molecule has 8 heteroatoms. The van der Waals surface area contributed by atoms with Gasteiger partial charge in [-0.25, -0.2) is 4.79 Å². The molecule has 0 fully saturated rings. The molecule has 3 N–H and O–H groups in total. The number of carbonyl (C=O) groups excluding carboxylic acids is 3. The summed E-state index contributed by atoms with van der Waals surface area (Å²) < 4.78 is 5.51. The zero-order chi connectivity index (χ0) is 31.6. The molecule has 0 aliphatic carbocycles. The van der Waals surface area contributed by atoms with Crippen molar-refractivity contribution >= 4 is 17.9 Å². The number of alkyl carbamates (subject to hydrolysis) is 1. The van der Waals surface area contributed by atoms with Crippen molar-refractivity contribution in [1.29, 1.82) is 0 Å². The van der Waals surface area contributed by atoms with Crippen LogP contribution in [0.4, 0.5) is 4.79 Å². The summed E-state index contributed by atoms with van der Waals surface area (Å²) in [7, 11) is 0. The summed E-state index contributed by atoms with van der Waals surface area (Å²) in [5.41, 5.74) is 3.69. The van der Waals surface area contributed by atoms with Crippen LogP contribution < -0.4 is 10.6 Å². The molecule has 3 rings (SSSR count). The maximum atomic E-state index is 14.5. The molecule has 0 spiro atoms. The number of amides is 3. The molecule has 3 amide bonds. The van der Waals surface area contributed by atoms with Gasteiger partial charge in [0, 0.05) is 19.5 Å². The second kappa shape index (κ2) is 15.2. The molecule has 2 unspecified atom stereocenters. The van der Waals surface area contributed by atoms with Crippen molar-refractivity contribution in [2.75, 3.05) is 6.54 Å². The Morgan fingerprint density at radius 3 is 2.19 bits per heavy atom. The van der Waals surface area contributed by atoms with E-state index in [-0.39, 0.29) is 18.1 Å². The number of unbranched alkanes of at least 4 members (excludes halogenated alkanes) is 1. The third-order valence-corrected chi connectivity index (χ3v) is 7.12. The van der Waals surface area contributed by atoms with E-state index in [1.165, 1.54) is 12.1 Å². The average molecular weight is 588 g/mol. The first-order valence-electron chi connectivity index (χ1n) is 14.8. The van der Waals surface area contributed by atoms with E-state index in [0.717, 1.165) is 28.7 Å². The molecule has 0 heterocycles. The predicted octanol–water partition coefficient (Wildman–Crippen LogP) is 6.13. The Balaban J connectivity index is 2.03. The van der Waals surface area contributed by atoms with Gasteiger partial charge in [0.2, 0.25) is 11.8 Å². The van der Waals surface area contributed by atoms with Gasteiger partial charge in [-0.3, -0.25) is 9.59 Å². The van der Waals surface area contributed by atoms with Gasteiger partial charge in [0.25, 0.3) is 0 Å². The zero-order valence-corrected chi connectivity index (χ0v) is 26.1. The van der Waals surface area contributed by atoms with E-state index in [0.29, 0.717) is 25.1 Å². The number of phenolic OH excluding ortho intramolecular Hbond substituents is 1. The Hall–Kier alpha value is -4.33. The largest absolute Gasteiger partial charge is 0.508 e. The number of nitrogens with zero attached hydrogens (tertiary/aromatic N) is 1. The van der Waals surface area contributed by atoms with E-state index < -0.39 is 29.7 Å². The van der Waals surface area contributed by atoms with Gasteiger partial charge in [-0.1, -0.05) is 74.0 Å². The predicted molar refractivity (Wildman–Crippen MR) is 169 cm³/mol. The van der Waals surface area contributed by atoms with Crippen LogP contribution >= 0.6 is 0 Å². The maximum absolute atomic E-state index is 14.5. The first kappa shape index (κ1) is 33.2. The minimum Gasteiger partial charge on any atom is -0.508 e. The Morgan fingerprint density at radius 2 is 1.58 bits per heavy atom. The molecule has 0 saturated heterocycles. The lowest BCUT2D eigenvalue weighted by Gasteiger charge is -2.35. The highest BCUT2D eigenvalue weighted by Crippen LogP contribution is 2.26. The number of rotatable bonds is 12. The SMILES string of the molecule is CCCCN(C(=O)C(Cc1ccc(O)cc1)NC(=O)OC(C)(C)C)C(C(=O)NCc1ccccc1)c1ccc(C)c(C)c1. The van der Waals surface area contributed by atoms with Crippen molar-refractivity contribution in [3.8, 4) is 5.75 Å². The van der Waals surface area contributed by atoms with Gasteiger partial charge in [0.15, 0.2) is 0 Å². The van der Waals surface area contributed by atoms with Gasteiger partial charge in [0.05, 0.1) is 0 Å². The van der Waals surface area contributed by atoms with E-state index in [1.54, 1.807) is 37.8 Å². The van der Waals surface area contributed by atoms with Gasteiger partial charge in [0.1, 0.15) is 23.4 Å². The van der Waals surface area contributed by atoms with Gasteiger partial charge in [-0.15, -0.1) is 0 Å². The number of hydrogen-bond donors (Lipinski definition) is 3. The molecule has 0 aliphatic heterocycles. The molecular formula is C35H45N3O5. The fraction of sp³-hybridized carbons (Fsp3) is 0.400. The third kappa shape index (κ3) is 10.2. The van der Waals surface area contributed by atoms with Crippen molar-refractivity contribution in [2.45, 2.75) is 85.0 Å². The second-order valence-electron chi connectivity index (χ2n) is 11.9. The minimum atomic E-state index is -1.02. The third-order valence-electron chi connectivity index (χ3n) is 7.12. The van der Waals surface area contributed by atoms with Crippen molar-refractivity contribution in [2.24, 2.45) is 0 Å². The smallest absolute Gasteiger partial charge is 0.408 e. The highest BCUT2D eigenvalue weighted by Gasteiger charge is 2.36. The number of hydrogen-bond acceptors (Lipinski definition) is 5. The Morgan fingerprint density at radius 1 is 0.907 bits per heavy atom. The minimum absolute atomic E-state index is 0.0983. The van der Waals surface area contributed by atoms with Crippen LogP contribution in [0.2, 0.25) is 0 Å². The molecule has 0 radical (unpaired) electrons. The average Bonchev–Trinajstić information content (AvgIpc) is 2.95. The van der Waals surface area contributed by atoms with Crippen LogP contribution in [0.3, 0.4) is 0 Å². The lowest BCUT2D eigenvalue weighted by Crippen LogP contribution is -2.54. The number of ether oxygens (including phenoxy) is 1. The molecule has 230 valence electrons. The molecule has 8 nitrogen and oxygen atoms in total. The molecule has 3 aromatic rings. The first-order valence-corrected chi connectivity index (χ1v) is 14.8. The quantitative estimate of drug-likeness (QED) is 0.236. The Bertz CT molecular complexity index is 1370. The summed E-state index contributed by atoms with van der Waals surface area (Å²) in [6, 6.07) is 19.9. The fourth-order valence-electron chi connectivity index (χ4n) is 4.70. The Kier molecular flexibility index (Phi) is 11.8. The summed E-state index contributed by atoms with van der Waals surface area (Å²) in [6.07, 6.45) is 0.886. The van der Waals surface area contributed by atoms with Gasteiger partial charge >= 0.3 is 6.09 Å². The lowest BCUT2D eigenvalue weighted by molar-refractivity contribution is -0.142. The summed E-state index contributed by atoms with van der Waals surface area (Å²) >= 11 is 0. The second-order valence-corrected chi connectivity index (χ2v) is 11.9. The van der Waals surface area contributed by atoms with E-state index in [1.807, 2.05) is 69.3 Å². The maximum Gasteiger partial charge on any atom is 0.408 e. The zero-order valence-electron chi connectivity index (χ0n) is 26.1. The standard InChI is InChI=1S/C35H45N3O5/c1-7-8-20-38(33(41)30(37-34(42)43-35(4,5)6)22-26-15-18-29(39)19-16-26)31(28-17-14-24(2)25(3)21-28)32(40)36-23-27-12-10-9-11-13-27/h9-19,21,30-31,39H,7-8,20,22-23H2,1-6H3,(H,36,40)(H,37,42). The fourth-order valence-corrected chi connectivity index (χ4v) is 4.70. The van der Waals surface area contributed by atoms with E-state index in [4.69, 9.17) is 4.74 Å². The van der Waals surface area contributed by atoms with E-state index in [2.05, 4.69) is 10.6 Å². The van der Waals surface area contributed by atoms with Crippen LogP contribution in [0.25, 0.3) is 0 Å². The van der Waals surface area contributed by atoms with E-state index >= 15 is 0 Å². The molecule has 43 heavy (non-hydrogen) atoms. The summed E-state index contributed by atoms with van der Waals surface area (Å²) in [5, 5.41) is 15.6. The molecule has 0 aliphatic rings. The van der Waals surface area contributed by atoms with Crippen LogP contribution in [-0.2, 0) is 27.3 Å². The van der Waals surface area contributed by atoms with Crippen LogP contribution in [-0.4, -0.2) is 46.1 Å². The van der Waals surface area contributed by atoms with Crippen LogP contribution in [0, 0.1) is 13.8 Å². The van der Waals surface area contributed by atoms with Crippen LogP contribution in [0.5, 0.6) is 5.75 Å². The summed E-state index contributed by atoms with van der Waals surface area (Å²) in [4.78, 5) is 43.0. The molecule has 0 aromatic heterocycles. The van der Waals surface area contributed by atoms with Crippen molar-refractivity contribution < 1.29 is 24.2 Å². The number of nitrogens with one attached hydrogen (secondary N) is 2. The lowest BCUT2D eigenvalue weighted by atomic mass is 9.97. The summed E-state index contributed by atoms with van der Waals surface area (Å²) in [5.74, 6) is -0.608.